The van der Waals surface area contributed by atoms with Gasteiger partial charge < -0.3 is 14.9 Å². The van der Waals surface area contributed by atoms with E-state index in [1.807, 2.05) is 13.0 Å². The minimum absolute atomic E-state index is 0.0399. The first-order valence-corrected chi connectivity index (χ1v) is 6.25. The first-order chi connectivity index (χ1) is 8.63. The lowest BCUT2D eigenvalue weighted by molar-refractivity contribution is -0.137. The summed E-state index contributed by atoms with van der Waals surface area (Å²) in [5, 5.41) is 17.9. The lowest BCUT2D eigenvalue weighted by Crippen LogP contribution is -2.05. The number of carboxylic acid groups (broad SMARTS) is 1. The number of carboxylic acids is 1. The maximum Gasteiger partial charge on any atom is 0.303 e. The number of hydrogen-bond acceptors (Lipinski definition) is 3. The van der Waals surface area contributed by atoms with Crippen molar-refractivity contribution in [1.29, 1.82) is 0 Å². The molecule has 0 spiro atoms. The van der Waals surface area contributed by atoms with Gasteiger partial charge in [0.25, 0.3) is 0 Å². The quantitative estimate of drug-likeness (QED) is 0.698. The van der Waals surface area contributed by atoms with Gasteiger partial charge in [0.1, 0.15) is 5.75 Å². The van der Waals surface area contributed by atoms with Crippen LogP contribution >= 0.6 is 0 Å². The van der Waals surface area contributed by atoms with Crippen LogP contribution in [-0.4, -0.2) is 22.8 Å². The monoisotopic (exact) mass is 252 g/mol. The van der Waals surface area contributed by atoms with Crippen LogP contribution in [0, 0.1) is 0 Å². The van der Waals surface area contributed by atoms with Gasteiger partial charge in [0.2, 0.25) is 0 Å². The van der Waals surface area contributed by atoms with Crippen LogP contribution in [0.5, 0.6) is 5.75 Å². The van der Waals surface area contributed by atoms with E-state index in [1.165, 1.54) is 0 Å². The smallest absolute Gasteiger partial charge is 0.303 e. The fourth-order valence-corrected chi connectivity index (χ4v) is 1.78. The van der Waals surface area contributed by atoms with Crippen molar-refractivity contribution >= 4 is 5.97 Å². The third-order valence-electron chi connectivity index (χ3n) is 2.72. The molecule has 1 aromatic carbocycles. The predicted molar refractivity (Wildman–Crippen MR) is 68.6 cm³/mol. The largest absolute Gasteiger partial charge is 0.508 e. The SMILES string of the molecule is CCC(OCCCCC(=O)O)c1cccc(O)c1. The zero-order valence-electron chi connectivity index (χ0n) is 10.6. The zero-order valence-corrected chi connectivity index (χ0v) is 10.6. The Bertz CT molecular complexity index is 376. The van der Waals surface area contributed by atoms with E-state index in [9.17, 15) is 9.90 Å². The summed E-state index contributed by atoms with van der Waals surface area (Å²) in [6.07, 6.45) is 2.34. The first kappa shape index (κ1) is 14.5. The van der Waals surface area contributed by atoms with Crippen LogP contribution in [0.1, 0.15) is 44.3 Å². The number of phenolic OH excluding ortho intramolecular Hbond substituents is 1. The standard InChI is InChI=1S/C14H20O4/c1-2-13(11-6-5-7-12(15)10-11)18-9-4-3-8-14(16)17/h5-7,10,13,15H,2-4,8-9H2,1H3,(H,16,17). The molecule has 100 valence electrons. The van der Waals surface area contributed by atoms with E-state index in [-0.39, 0.29) is 18.3 Å². The van der Waals surface area contributed by atoms with Crippen LogP contribution < -0.4 is 0 Å². The first-order valence-electron chi connectivity index (χ1n) is 6.25. The van der Waals surface area contributed by atoms with E-state index in [4.69, 9.17) is 9.84 Å². The summed E-state index contributed by atoms with van der Waals surface area (Å²) >= 11 is 0. The van der Waals surface area contributed by atoms with Crippen molar-refractivity contribution in [2.24, 2.45) is 0 Å². The van der Waals surface area contributed by atoms with Gasteiger partial charge in [-0.3, -0.25) is 4.79 Å². The molecule has 0 aromatic heterocycles. The summed E-state index contributed by atoms with van der Waals surface area (Å²) < 4.78 is 5.71. The van der Waals surface area contributed by atoms with Gasteiger partial charge in [-0.1, -0.05) is 19.1 Å². The average molecular weight is 252 g/mol. The summed E-state index contributed by atoms with van der Waals surface area (Å²) in [6.45, 7) is 2.56. The Kier molecular flexibility index (Phi) is 6.22. The number of unbranched alkanes of at least 4 members (excludes halogenated alkanes) is 1. The van der Waals surface area contributed by atoms with E-state index >= 15 is 0 Å². The molecule has 0 amide bonds. The summed E-state index contributed by atoms with van der Waals surface area (Å²) in [6, 6.07) is 7.04. The van der Waals surface area contributed by atoms with Gasteiger partial charge in [-0.2, -0.15) is 0 Å². The molecule has 0 bridgehead atoms. The average Bonchev–Trinajstić information content (AvgIpc) is 2.33. The van der Waals surface area contributed by atoms with Gasteiger partial charge in [0.15, 0.2) is 0 Å². The van der Waals surface area contributed by atoms with Gasteiger partial charge in [0, 0.05) is 13.0 Å². The number of hydrogen-bond donors (Lipinski definition) is 2. The second kappa shape index (κ2) is 7.71. The molecule has 1 unspecified atom stereocenters. The van der Waals surface area contributed by atoms with Crippen LogP contribution in [0.3, 0.4) is 0 Å². The highest BCUT2D eigenvalue weighted by Crippen LogP contribution is 2.24. The molecular weight excluding hydrogens is 232 g/mol. The third-order valence-corrected chi connectivity index (χ3v) is 2.72. The van der Waals surface area contributed by atoms with Crippen LogP contribution in [0.25, 0.3) is 0 Å². The Balaban J connectivity index is 2.36. The van der Waals surface area contributed by atoms with Crippen LogP contribution in [0.15, 0.2) is 24.3 Å². The summed E-state index contributed by atoms with van der Waals surface area (Å²) in [5.74, 6) is -0.532. The Morgan fingerprint density at radius 1 is 1.39 bits per heavy atom. The predicted octanol–water partition coefficient (Wildman–Crippen LogP) is 3.11. The van der Waals surface area contributed by atoms with Crippen molar-refractivity contribution in [3.05, 3.63) is 29.8 Å². The van der Waals surface area contributed by atoms with E-state index in [0.717, 1.165) is 18.4 Å². The van der Waals surface area contributed by atoms with Crippen molar-refractivity contribution in [3.8, 4) is 5.75 Å². The van der Waals surface area contributed by atoms with Gasteiger partial charge in [0.05, 0.1) is 6.10 Å². The number of benzene rings is 1. The number of aliphatic carboxylic acids is 1. The third kappa shape index (κ3) is 5.19. The van der Waals surface area contributed by atoms with Crippen molar-refractivity contribution in [3.63, 3.8) is 0 Å². The van der Waals surface area contributed by atoms with Crippen LogP contribution in [0.4, 0.5) is 0 Å². The summed E-state index contributed by atoms with van der Waals surface area (Å²) in [4.78, 5) is 10.3. The van der Waals surface area contributed by atoms with E-state index in [0.29, 0.717) is 13.0 Å². The van der Waals surface area contributed by atoms with Crippen molar-refractivity contribution in [1.82, 2.24) is 0 Å². The van der Waals surface area contributed by atoms with Crippen LogP contribution in [-0.2, 0) is 9.53 Å². The molecule has 0 heterocycles. The lowest BCUT2D eigenvalue weighted by Gasteiger charge is -2.16. The second-order valence-electron chi connectivity index (χ2n) is 4.21. The maximum atomic E-state index is 10.3. The molecule has 2 N–H and O–H groups in total. The molecule has 4 nitrogen and oxygen atoms in total. The Labute approximate surface area is 107 Å². The molecule has 0 radical (unpaired) electrons. The molecule has 1 rings (SSSR count). The molecule has 0 aliphatic heterocycles. The van der Waals surface area contributed by atoms with Gasteiger partial charge >= 0.3 is 5.97 Å². The number of carbonyl (C=O) groups is 1. The Morgan fingerprint density at radius 3 is 2.78 bits per heavy atom. The molecule has 18 heavy (non-hydrogen) atoms. The molecule has 0 saturated carbocycles. The molecule has 1 aromatic rings. The molecule has 1 atom stereocenters. The Hall–Kier alpha value is -1.55. The van der Waals surface area contributed by atoms with Crippen LogP contribution in [0.2, 0.25) is 0 Å². The fraction of sp³-hybridized carbons (Fsp3) is 0.500. The lowest BCUT2D eigenvalue weighted by atomic mass is 10.1. The molecular formula is C14H20O4. The highest BCUT2D eigenvalue weighted by Gasteiger charge is 2.10. The highest BCUT2D eigenvalue weighted by molar-refractivity contribution is 5.66. The van der Waals surface area contributed by atoms with Crippen molar-refractivity contribution < 1.29 is 19.7 Å². The minimum Gasteiger partial charge on any atom is -0.508 e. The topological polar surface area (TPSA) is 66.8 Å². The summed E-state index contributed by atoms with van der Waals surface area (Å²) in [7, 11) is 0. The van der Waals surface area contributed by atoms with Gasteiger partial charge in [-0.15, -0.1) is 0 Å². The van der Waals surface area contributed by atoms with E-state index < -0.39 is 5.97 Å². The number of rotatable bonds is 8. The molecule has 0 aliphatic rings. The molecule has 0 saturated heterocycles. The fourth-order valence-electron chi connectivity index (χ4n) is 1.78. The number of ether oxygens (including phenoxy) is 1. The van der Waals surface area contributed by atoms with Crippen molar-refractivity contribution in [2.75, 3.05) is 6.61 Å². The number of phenols is 1. The van der Waals surface area contributed by atoms with Gasteiger partial charge in [-0.05, 0) is 37.0 Å². The van der Waals surface area contributed by atoms with E-state index in [2.05, 4.69) is 0 Å². The molecule has 0 aliphatic carbocycles. The zero-order chi connectivity index (χ0) is 13.4. The molecule has 4 heteroatoms. The van der Waals surface area contributed by atoms with E-state index in [1.54, 1.807) is 18.2 Å². The Morgan fingerprint density at radius 2 is 2.17 bits per heavy atom. The normalized spacial score (nSPS) is 12.3. The van der Waals surface area contributed by atoms with Crippen molar-refractivity contribution in [2.45, 2.75) is 38.7 Å². The molecule has 0 fully saturated rings. The summed E-state index contributed by atoms with van der Waals surface area (Å²) in [5.41, 5.74) is 0.954. The second-order valence-corrected chi connectivity index (χ2v) is 4.21. The highest BCUT2D eigenvalue weighted by atomic mass is 16.5. The van der Waals surface area contributed by atoms with Gasteiger partial charge in [-0.25, -0.2) is 0 Å². The number of aromatic hydroxyl groups is 1. The maximum absolute atomic E-state index is 10.3. The minimum atomic E-state index is -0.768.